The third kappa shape index (κ3) is 2.29. The van der Waals surface area contributed by atoms with Crippen molar-refractivity contribution in [1.82, 2.24) is 29.1 Å². The van der Waals surface area contributed by atoms with Gasteiger partial charge in [0.2, 0.25) is 0 Å². The summed E-state index contributed by atoms with van der Waals surface area (Å²) in [7, 11) is 0. The molecule has 0 amide bonds. The van der Waals surface area contributed by atoms with Gasteiger partial charge in [-0.2, -0.15) is 0 Å². The lowest BCUT2D eigenvalue weighted by Gasteiger charge is -2.09. The van der Waals surface area contributed by atoms with E-state index in [1.54, 1.807) is 12.4 Å². The van der Waals surface area contributed by atoms with Crippen LogP contribution in [0.2, 0.25) is 0 Å². The summed E-state index contributed by atoms with van der Waals surface area (Å²) < 4.78 is 4.43. The summed E-state index contributed by atoms with van der Waals surface area (Å²) in [5.74, 6) is 0. The van der Waals surface area contributed by atoms with Crippen LogP contribution in [0.5, 0.6) is 0 Å². The Labute approximate surface area is 182 Å². The summed E-state index contributed by atoms with van der Waals surface area (Å²) in [6.45, 7) is 0. The lowest BCUT2D eigenvalue weighted by Crippen LogP contribution is -1.96. The van der Waals surface area contributed by atoms with E-state index < -0.39 is 0 Å². The second kappa shape index (κ2) is 6.46. The summed E-state index contributed by atoms with van der Waals surface area (Å²) in [6, 6.07) is 24.6. The maximum atomic E-state index is 5.14. The second-order valence-electron chi connectivity index (χ2n) is 7.68. The van der Waals surface area contributed by atoms with Crippen molar-refractivity contribution in [1.29, 1.82) is 0 Å². The van der Waals surface area contributed by atoms with Crippen LogP contribution in [0.1, 0.15) is 0 Å². The van der Waals surface area contributed by atoms with Gasteiger partial charge in [-0.05, 0) is 54.6 Å². The zero-order valence-corrected chi connectivity index (χ0v) is 16.9. The van der Waals surface area contributed by atoms with Crippen molar-refractivity contribution in [3.05, 3.63) is 97.6 Å². The number of fused-ring (bicyclic) bond motifs is 6. The number of hydrogen-bond donors (Lipinski definition) is 0. The van der Waals surface area contributed by atoms with Crippen LogP contribution in [0.3, 0.4) is 0 Å². The number of pyridine rings is 4. The molecule has 6 aromatic heterocycles. The van der Waals surface area contributed by atoms with E-state index in [1.165, 1.54) is 0 Å². The Bertz CT molecular complexity index is 1640. The standard InChI is InChI=1S/C26H16N6/c1-2-6-17(7-3-1)31-19-8-4-12-28-23(19)25-21(31)16-22-26(30-25)24-20(9-5-13-29-24)32(22)18-10-14-27-15-11-18/h1-16H. The summed E-state index contributed by atoms with van der Waals surface area (Å²) in [5.41, 5.74) is 9.64. The van der Waals surface area contributed by atoms with Gasteiger partial charge < -0.3 is 9.13 Å². The van der Waals surface area contributed by atoms with Gasteiger partial charge in [0.1, 0.15) is 22.1 Å². The van der Waals surface area contributed by atoms with Crippen molar-refractivity contribution in [3.63, 3.8) is 0 Å². The van der Waals surface area contributed by atoms with E-state index >= 15 is 0 Å². The van der Waals surface area contributed by atoms with Gasteiger partial charge in [0, 0.05) is 36.2 Å². The second-order valence-corrected chi connectivity index (χ2v) is 7.68. The monoisotopic (exact) mass is 412 g/mol. The van der Waals surface area contributed by atoms with Gasteiger partial charge in [-0.3, -0.25) is 15.0 Å². The smallest absolute Gasteiger partial charge is 0.116 e. The molecule has 6 heteroatoms. The predicted octanol–water partition coefficient (Wildman–Crippen LogP) is 5.46. The van der Waals surface area contributed by atoms with Gasteiger partial charge in [0.05, 0.1) is 22.1 Å². The fraction of sp³-hybridized carbons (Fsp3) is 0. The van der Waals surface area contributed by atoms with Gasteiger partial charge in [-0.25, -0.2) is 4.98 Å². The Morgan fingerprint density at radius 2 is 1.03 bits per heavy atom. The van der Waals surface area contributed by atoms with Gasteiger partial charge in [0.25, 0.3) is 0 Å². The molecule has 0 aliphatic heterocycles. The van der Waals surface area contributed by atoms with Gasteiger partial charge in [-0.1, -0.05) is 18.2 Å². The first-order chi connectivity index (χ1) is 15.9. The third-order valence-electron chi connectivity index (χ3n) is 5.90. The molecule has 0 saturated heterocycles. The minimum Gasteiger partial charge on any atom is -0.306 e. The van der Waals surface area contributed by atoms with Crippen molar-refractivity contribution in [2.75, 3.05) is 0 Å². The zero-order chi connectivity index (χ0) is 21.1. The van der Waals surface area contributed by atoms with E-state index in [2.05, 4.69) is 54.4 Å². The number of rotatable bonds is 2. The van der Waals surface area contributed by atoms with Crippen molar-refractivity contribution >= 4 is 44.1 Å². The molecule has 150 valence electrons. The van der Waals surface area contributed by atoms with E-state index in [4.69, 9.17) is 4.98 Å². The van der Waals surface area contributed by atoms with E-state index in [0.29, 0.717) is 0 Å². The molecule has 0 radical (unpaired) electrons. The topological polar surface area (TPSA) is 61.4 Å². The zero-order valence-electron chi connectivity index (χ0n) is 16.9. The fourth-order valence-electron chi connectivity index (χ4n) is 4.59. The lowest BCUT2D eigenvalue weighted by atomic mass is 10.2. The normalized spacial score (nSPS) is 11.8. The first-order valence-corrected chi connectivity index (χ1v) is 10.4. The molecule has 1 aromatic carbocycles. The molecule has 6 nitrogen and oxygen atoms in total. The Balaban J connectivity index is 1.71. The number of para-hydroxylation sites is 1. The predicted molar refractivity (Wildman–Crippen MR) is 126 cm³/mol. The highest BCUT2D eigenvalue weighted by molar-refractivity contribution is 6.13. The average Bonchev–Trinajstić information content (AvgIpc) is 3.36. The van der Waals surface area contributed by atoms with Crippen LogP contribution < -0.4 is 0 Å². The highest BCUT2D eigenvalue weighted by atomic mass is 15.1. The molecular formula is C26H16N6. The molecule has 7 aromatic rings. The maximum absolute atomic E-state index is 5.14. The quantitative estimate of drug-likeness (QED) is 0.378. The molecule has 0 saturated carbocycles. The van der Waals surface area contributed by atoms with Crippen molar-refractivity contribution in [2.24, 2.45) is 0 Å². The Hall–Kier alpha value is -4.58. The molecule has 32 heavy (non-hydrogen) atoms. The molecule has 0 spiro atoms. The summed E-state index contributed by atoms with van der Waals surface area (Å²) in [4.78, 5) is 18.7. The summed E-state index contributed by atoms with van der Waals surface area (Å²) >= 11 is 0. The SMILES string of the molecule is c1ccc(-n2c3cccnc3c3nc4c5ncccc5n(-c5ccncc5)c4cc32)cc1. The van der Waals surface area contributed by atoms with Crippen LogP contribution in [0.4, 0.5) is 0 Å². The molecule has 0 atom stereocenters. The van der Waals surface area contributed by atoms with E-state index in [-0.39, 0.29) is 0 Å². The summed E-state index contributed by atoms with van der Waals surface area (Å²) in [5, 5.41) is 0. The molecule has 0 N–H and O–H groups in total. The molecule has 0 fully saturated rings. The molecule has 6 heterocycles. The first kappa shape index (κ1) is 17.1. The molecule has 0 unspecified atom stereocenters. The molecule has 0 aliphatic rings. The first-order valence-electron chi connectivity index (χ1n) is 10.4. The van der Waals surface area contributed by atoms with Crippen LogP contribution in [0, 0.1) is 0 Å². The number of nitrogens with zero attached hydrogens (tertiary/aromatic N) is 6. The van der Waals surface area contributed by atoms with Crippen LogP contribution >= 0.6 is 0 Å². The molecular weight excluding hydrogens is 396 g/mol. The van der Waals surface area contributed by atoms with Gasteiger partial charge in [0.15, 0.2) is 0 Å². The molecule has 0 bridgehead atoms. The van der Waals surface area contributed by atoms with Crippen LogP contribution in [-0.2, 0) is 0 Å². The fourth-order valence-corrected chi connectivity index (χ4v) is 4.59. The highest BCUT2D eigenvalue weighted by Gasteiger charge is 2.20. The van der Waals surface area contributed by atoms with Crippen molar-refractivity contribution < 1.29 is 0 Å². The Morgan fingerprint density at radius 3 is 1.62 bits per heavy atom. The van der Waals surface area contributed by atoms with E-state index in [9.17, 15) is 0 Å². The molecule has 0 aliphatic carbocycles. The Morgan fingerprint density at radius 1 is 0.469 bits per heavy atom. The van der Waals surface area contributed by atoms with E-state index in [1.807, 2.05) is 54.9 Å². The highest BCUT2D eigenvalue weighted by Crippen LogP contribution is 2.35. The minimum atomic E-state index is 0.864. The van der Waals surface area contributed by atoms with Crippen molar-refractivity contribution in [2.45, 2.75) is 0 Å². The minimum absolute atomic E-state index is 0.864. The number of hydrogen-bond acceptors (Lipinski definition) is 4. The average molecular weight is 412 g/mol. The summed E-state index contributed by atoms with van der Waals surface area (Å²) in [6.07, 6.45) is 7.25. The maximum Gasteiger partial charge on any atom is 0.116 e. The van der Waals surface area contributed by atoms with E-state index in [0.717, 1.165) is 55.5 Å². The van der Waals surface area contributed by atoms with Gasteiger partial charge in [-0.15, -0.1) is 0 Å². The largest absolute Gasteiger partial charge is 0.306 e. The third-order valence-corrected chi connectivity index (χ3v) is 5.90. The van der Waals surface area contributed by atoms with Crippen molar-refractivity contribution in [3.8, 4) is 11.4 Å². The molecule has 7 rings (SSSR count). The van der Waals surface area contributed by atoms with Gasteiger partial charge >= 0.3 is 0 Å². The van der Waals surface area contributed by atoms with Crippen LogP contribution in [0.15, 0.2) is 97.6 Å². The number of benzene rings is 1. The number of aromatic nitrogens is 6. The Kier molecular flexibility index (Phi) is 3.46. The van der Waals surface area contributed by atoms with Crippen LogP contribution in [-0.4, -0.2) is 29.1 Å². The lowest BCUT2D eigenvalue weighted by molar-refractivity contribution is 1.14. The van der Waals surface area contributed by atoms with Crippen LogP contribution in [0.25, 0.3) is 55.5 Å².